The number of aryl methyl sites for hydroxylation is 1. The molecule has 0 fully saturated rings. The van der Waals surface area contributed by atoms with Gasteiger partial charge in [-0.1, -0.05) is 67.6 Å². The lowest BCUT2D eigenvalue weighted by molar-refractivity contribution is -0.136. The van der Waals surface area contributed by atoms with Gasteiger partial charge in [-0.25, -0.2) is 0 Å². The van der Waals surface area contributed by atoms with E-state index in [-0.39, 0.29) is 6.42 Å². The maximum absolute atomic E-state index is 11.3. The molecule has 3 aromatic carbocycles. The lowest BCUT2D eigenvalue weighted by Gasteiger charge is -2.13. The molecule has 3 heteroatoms. The van der Waals surface area contributed by atoms with Crippen LogP contribution < -0.4 is 4.74 Å². The Morgan fingerprint density at radius 1 is 0.885 bits per heavy atom. The highest BCUT2D eigenvalue weighted by Crippen LogP contribution is 2.28. The molecule has 3 rings (SSSR count). The summed E-state index contributed by atoms with van der Waals surface area (Å²) in [5.74, 6) is -0.252. The van der Waals surface area contributed by atoms with E-state index in [1.54, 1.807) is 0 Å². The molecule has 0 atom stereocenters. The minimum Gasteiger partial charge on any atom is -0.489 e. The van der Waals surface area contributed by atoms with Gasteiger partial charge in [0, 0.05) is 5.56 Å². The van der Waals surface area contributed by atoms with Crippen LogP contribution in [0, 0.1) is 0 Å². The summed E-state index contributed by atoms with van der Waals surface area (Å²) in [5.41, 5.74) is 5.08. The van der Waals surface area contributed by atoms with E-state index in [4.69, 9.17) is 4.74 Å². The van der Waals surface area contributed by atoms with Crippen LogP contribution in [-0.4, -0.2) is 11.1 Å². The van der Waals surface area contributed by atoms with Crippen LogP contribution in [0.25, 0.3) is 11.1 Å². The van der Waals surface area contributed by atoms with Gasteiger partial charge >= 0.3 is 5.97 Å². The van der Waals surface area contributed by atoms with Gasteiger partial charge < -0.3 is 9.84 Å². The Hall–Kier alpha value is -3.07. The molecule has 0 aliphatic heterocycles. The van der Waals surface area contributed by atoms with Gasteiger partial charge in [0.25, 0.3) is 0 Å². The van der Waals surface area contributed by atoms with E-state index >= 15 is 0 Å². The van der Waals surface area contributed by atoms with E-state index < -0.39 is 5.97 Å². The molecule has 1 N–H and O–H groups in total. The van der Waals surface area contributed by atoms with E-state index in [0.717, 1.165) is 23.1 Å². The molecule has 0 unspecified atom stereocenters. The number of benzene rings is 3. The molecule has 0 aliphatic carbocycles. The average molecular weight is 346 g/mol. The van der Waals surface area contributed by atoms with Crippen LogP contribution in [0.5, 0.6) is 5.75 Å². The molecule has 0 saturated heterocycles. The largest absolute Gasteiger partial charge is 0.489 e. The molecule has 0 radical (unpaired) electrons. The molecule has 26 heavy (non-hydrogen) atoms. The second-order valence-corrected chi connectivity index (χ2v) is 6.22. The van der Waals surface area contributed by atoms with Crippen molar-refractivity contribution >= 4 is 5.97 Å². The van der Waals surface area contributed by atoms with Gasteiger partial charge in [-0.3, -0.25) is 4.79 Å². The van der Waals surface area contributed by atoms with Crippen molar-refractivity contribution in [2.45, 2.75) is 26.4 Å². The predicted molar refractivity (Wildman–Crippen MR) is 103 cm³/mol. The first-order valence-corrected chi connectivity index (χ1v) is 8.76. The van der Waals surface area contributed by atoms with Gasteiger partial charge in [-0.05, 0) is 40.8 Å². The first-order valence-electron chi connectivity index (χ1n) is 8.76. The molecule has 0 bridgehead atoms. The van der Waals surface area contributed by atoms with Crippen molar-refractivity contribution in [2.75, 3.05) is 0 Å². The Kier molecular flexibility index (Phi) is 5.69. The number of aliphatic carboxylic acids is 1. The summed E-state index contributed by atoms with van der Waals surface area (Å²) in [6.45, 7) is 2.54. The number of carboxylic acids is 1. The van der Waals surface area contributed by atoms with Crippen molar-refractivity contribution < 1.29 is 14.6 Å². The maximum Gasteiger partial charge on any atom is 0.307 e. The van der Waals surface area contributed by atoms with Crippen molar-refractivity contribution in [3.8, 4) is 16.9 Å². The Labute approximate surface area is 153 Å². The number of hydrogen-bond donors (Lipinski definition) is 1. The van der Waals surface area contributed by atoms with Crippen molar-refractivity contribution in [3.63, 3.8) is 0 Å². The molecule has 3 aromatic rings. The van der Waals surface area contributed by atoms with Crippen molar-refractivity contribution in [1.29, 1.82) is 0 Å². The first-order chi connectivity index (χ1) is 12.7. The molecule has 0 amide bonds. The van der Waals surface area contributed by atoms with Gasteiger partial charge in [0.1, 0.15) is 12.4 Å². The molecule has 0 saturated carbocycles. The van der Waals surface area contributed by atoms with E-state index in [1.807, 2.05) is 48.5 Å². The zero-order valence-corrected chi connectivity index (χ0v) is 14.8. The summed E-state index contributed by atoms with van der Waals surface area (Å²) in [4.78, 5) is 11.3. The molecular formula is C23H22O3. The number of carbonyl (C=O) groups is 1. The summed E-state index contributed by atoms with van der Waals surface area (Å²) in [5, 5.41) is 9.25. The smallest absolute Gasteiger partial charge is 0.307 e. The monoisotopic (exact) mass is 346 g/mol. The summed E-state index contributed by atoms with van der Waals surface area (Å²) >= 11 is 0. The highest BCUT2D eigenvalue weighted by Gasteiger charge is 2.11. The first kappa shape index (κ1) is 17.7. The average Bonchev–Trinajstić information content (AvgIpc) is 2.67. The van der Waals surface area contributed by atoms with Gasteiger partial charge in [0.2, 0.25) is 0 Å². The second-order valence-electron chi connectivity index (χ2n) is 6.22. The number of carboxylic acid groups (broad SMARTS) is 1. The Morgan fingerprint density at radius 2 is 1.58 bits per heavy atom. The Morgan fingerprint density at radius 3 is 2.23 bits per heavy atom. The van der Waals surface area contributed by atoms with Crippen LogP contribution in [0.2, 0.25) is 0 Å². The Bertz CT molecular complexity index is 868. The quantitative estimate of drug-likeness (QED) is 0.646. The van der Waals surface area contributed by atoms with Crippen LogP contribution in [0.15, 0.2) is 72.8 Å². The third-order valence-corrected chi connectivity index (χ3v) is 4.33. The van der Waals surface area contributed by atoms with Crippen molar-refractivity contribution in [1.82, 2.24) is 0 Å². The van der Waals surface area contributed by atoms with Crippen LogP contribution in [0.3, 0.4) is 0 Å². The zero-order chi connectivity index (χ0) is 18.4. The molecular weight excluding hydrogens is 324 g/mol. The van der Waals surface area contributed by atoms with Crippen molar-refractivity contribution in [2.24, 2.45) is 0 Å². The van der Waals surface area contributed by atoms with Gasteiger partial charge in [-0.2, -0.15) is 0 Å². The third-order valence-electron chi connectivity index (χ3n) is 4.33. The Balaban J connectivity index is 1.85. The molecule has 0 aromatic heterocycles. The molecule has 132 valence electrons. The molecule has 3 nitrogen and oxygen atoms in total. The lowest BCUT2D eigenvalue weighted by atomic mass is 9.99. The number of rotatable bonds is 7. The van der Waals surface area contributed by atoms with Gasteiger partial charge in [0.15, 0.2) is 0 Å². The second kappa shape index (κ2) is 8.34. The zero-order valence-electron chi connectivity index (χ0n) is 14.8. The van der Waals surface area contributed by atoms with E-state index in [0.29, 0.717) is 17.9 Å². The van der Waals surface area contributed by atoms with Gasteiger partial charge in [-0.15, -0.1) is 0 Å². The minimum absolute atomic E-state index is 0.0645. The van der Waals surface area contributed by atoms with Gasteiger partial charge in [0.05, 0.1) is 6.42 Å². The van der Waals surface area contributed by atoms with E-state index in [9.17, 15) is 9.90 Å². The normalized spacial score (nSPS) is 10.5. The molecule has 0 aliphatic rings. The van der Waals surface area contributed by atoms with Crippen molar-refractivity contribution in [3.05, 3.63) is 89.5 Å². The summed E-state index contributed by atoms with van der Waals surface area (Å²) in [6.07, 6.45) is 0.932. The van der Waals surface area contributed by atoms with Crippen LogP contribution >= 0.6 is 0 Å². The highest BCUT2D eigenvalue weighted by atomic mass is 16.5. The SMILES string of the molecule is CCc1ccc(-c2ccc(OCc3ccccc3)c(CC(=O)O)c2)cc1. The fraction of sp³-hybridized carbons (Fsp3) is 0.174. The van der Waals surface area contributed by atoms with Crippen LogP contribution in [0.4, 0.5) is 0 Å². The lowest BCUT2D eigenvalue weighted by Crippen LogP contribution is -2.04. The standard InChI is InChI=1S/C23H22O3/c1-2-17-8-10-19(11-9-17)20-12-13-22(21(14-20)15-23(24)25)26-16-18-6-4-3-5-7-18/h3-14H,2,15-16H2,1H3,(H,24,25). The third kappa shape index (κ3) is 4.51. The fourth-order valence-corrected chi connectivity index (χ4v) is 2.87. The highest BCUT2D eigenvalue weighted by molar-refractivity contribution is 5.74. The topological polar surface area (TPSA) is 46.5 Å². The summed E-state index contributed by atoms with van der Waals surface area (Å²) in [7, 11) is 0. The molecule has 0 heterocycles. The van der Waals surface area contributed by atoms with E-state index in [2.05, 4.69) is 31.2 Å². The number of hydrogen-bond acceptors (Lipinski definition) is 2. The van der Waals surface area contributed by atoms with E-state index in [1.165, 1.54) is 5.56 Å². The maximum atomic E-state index is 11.3. The van der Waals surface area contributed by atoms with Crippen LogP contribution in [-0.2, 0) is 24.2 Å². The molecule has 0 spiro atoms. The predicted octanol–water partition coefficient (Wildman–Crippen LogP) is 5.12. The number of ether oxygens (including phenoxy) is 1. The minimum atomic E-state index is -0.868. The summed E-state index contributed by atoms with van der Waals surface area (Å²) in [6, 6.07) is 24.0. The van der Waals surface area contributed by atoms with Crippen LogP contribution in [0.1, 0.15) is 23.6 Å². The summed E-state index contributed by atoms with van der Waals surface area (Å²) < 4.78 is 5.89. The fourth-order valence-electron chi connectivity index (χ4n) is 2.87.